The molecule has 1 amide bonds. The summed E-state index contributed by atoms with van der Waals surface area (Å²) < 4.78 is 18.7. The topological polar surface area (TPSA) is 189 Å². The van der Waals surface area contributed by atoms with E-state index >= 15 is 0 Å². The lowest BCUT2D eigenvalue weighted by atomic mass is 9.92. The number of carbonyl (C=O) groups excluding carboxylic acids is 4. The molecule has 12 heteroatoms. The van der Waals surface area contributed by atoms with Gasteiger partial charge in [0.2, 0.25) is 0 Å². The molecule has 0 atom stereocenters. The van der Waals surface area contributed by atoms with Crippen molar-refractivity contribution >= 4 is 30.0 Å². The van der Waals surface area contributed by atoms with Crippen LogP contribution < -0.4 is 5.73 Å². The normalized spacial score (nSPS) is 9.06. The molecule has 0 saturated carbocycles. The van der Waals surface area contributed by atoms with Crippen LogP contribution in [0.2, 0.25) is 0 Å². The van der Waals surface area contributed by atoms with Crippen LogP contribution in [0, 0.1) is 5.41 Å². The molecule has 0 aromatic heterocycles. The van der Waals surface area contributed by atoms with Gasteiger partial charge in [0.1, 0.15) is 19.8 Å². The Hall–Kier alpha value is -3.93. The van der Waals surface area contributed by atoms with Gasteiger partial charge in [-0.15, -0.1) is 0 Å². The van der Waals surface area contributed by atoms with Crippen molar-refractivity contribution in [3.8, 4) is 0 Å². The van der Waals surface area contributed by atoms with E-state index in [0.29, 0.717) is 6.61 Å². The first kappa shape index (κ1) is 32.7. The monoisotopic (exact) mass is 459 g/mol. The molecule has 0 spiro atoms. The lowest BCUT2D eigenvalue weighted by Crippen LogP contribution is -2.42. The second-order valence-electron chi connectivity index (χ2n) is 5.39. The Morgan fingerprint density at radius 3 is 1.22 bits per heavy atom. The summed E-state index contributed by atoms with van der Waals surface area (Å²) in [7, 11) is 0. The number of carboxylic acid groups (broad SMARTS) is 1. The van der Waals surface area contributed by atoms with E-state index in [4.69, 9.17) is 19.3 Å². The standard InChI is InChI=1S/C14H18O7.C3H7NO2.C3H4O2/c1-4-11(16)19-8-14(7-15,9-20-12(17)5-2)10-21-13(18)6-3;1-2-6-3(4)5;1-2-3(4)5/h4-6,15H,1-3,7-10H2;2H2,1H3,(H2,4,5);2H,1H2,(H,4,5). The number of hydrogen-bond donors (Lipinski definition) is 3. The molecule has 4 N–H and O–H groups in total. The van der Waals surface area contributed by atoms with Gasteiger partial charge in [-0.2, -0.15) is 0 Å². The average molecular weight is 459 g/mol. The molecule has 0 radical (unpaired) electrons. The first-order chi connectivity index (χ1) is 15.0. The van der Waals surface area contributed by atoms with E-state index in [2.05, 4.69) is 36.8 Å². The van der Waals surface area contributed by atoms with Crippen LogP contribution in [0.1, 0.15) is 6.92 Å². The maximum atomic E-state index is 11.1. The average Bonchev–Trinajstić information content (AvgIpc) is 2.78. The summed E-state index contributed by atoms with van der Waals surface area (Å²) in [5, 5.41) is 17.1. The number of carbonyl (C=O) groups is 5. The Balaban J connectivity index is -0.000000626. The van der Waals surface area contributed by atoms with Crippen LogP contribution >= 0.6 is 0 Å². The number of aliphatic hydroxyl groups excluding tert-OH is 1. The highest BCUT2D eigenvalue weighted by molar-refractivity contribution is 5.82. The van der Waals surface area contributed by atoms with E-state index in [9.17, 15) is 29.1 Å². The number of esters is 3. The van der Waals surface area contributed by atoms with Crippen LogP contribution in [-0.2, 0) is 38.1 Å². The van der Waals surface area contributed by atoms with Gasteiger partial charge in [-0.1, -0.05) is 26.3 Å². The van der Waals surface area contributed by atoms with Gasteiger partial charge in [-0.25, -0.2) is 24.0 Å². The Bertz CT molecular complexity index is 611. The maximum Gasteiger partial charge on any atom is 0.404 e. The van der Waals surface area contributed by atoms with Crippen LogP contribution in [-0.4, -0.2) is 73.2 Å². The van der Waals surface area contributed by atoms with Crippen LogP contribution in [0.3, 0.4) is 0 Å². The van der Waals surface area contributed by atoms with Gasteiger partial charge in [-0.3, -0.25) is 0 Å². The van der Waals surface area contributed by atoms with Gasteiger partial charge in [-0.05, 0) is 6.92 Å². The zero-order chi connectivity index (χ0) is 25.6. The third-order valence-electron chi connectivity index (χ3n) is 2.86. The fourth-order valence-corrected chi connectivity index (χ4v) is 1.25. The first-order valence-electron chi connectivity index (χ1n) is 8.73. The van der Waals surface area contributed by atoms with E-state index in [1.165, 1.54) is 0 Å². The number of rotatable bonds is 12. The molecule has 0 aromatic rings. The zero-order valence-corrected chi connectivity index (χ0v) is 17.8. The minimum Gasteiger partial charge on any atom is -0.478 e. The maximum absolute atomic E-state index is 11.1. The van der Waals surface area contributed by atoms with Crippen LogP contribution in [0.15, 0.2) is 50.6 Å². The van der Waals surface area contributed by atoms with Crippen molar-refractivity contribution < 1.29 is 53.1 Å². The highest BCUT2D eigenvalue weighted by Crippen LogP contribution is 2.19. The van der Waals surface area contributed by atoms with Crippen LogP contribution in [0.25, 0.3) is 0 Å². The van der Waals surface area contributed by atoms with Crippen molar-refractivity contribution in [3.63, 3.8) is 0 Å². The van der Waals surface area contributed by atoms with E-state index < -0.39 is 42.0 Å². The van der Waals surface area contributed by atoms with Gasteiger partial charge in [0.05, 0.1) is 18.6 Å². The summed E-state index contributed by atoms with van der Waals surface area (Å²) >= 11 is 0. The summed E-state index contributed by atoms with van der Waals surface area (Å²) in [6, 6.07) is 0. The Kier molecular flexibility index (Phi) is 20.8. The highest BCUT2D eigenvalue weighted by atomic mass is 16.6. The van der Waals surface area contributed by atoms with Crippen LogP contribution in [0.4, 0.5) is 4.79 Å². The van der Waals surface area contributed by atoms with Gasteiger partial charge >= 0.3 is 30.0 Å². The van der Waals surface area contributed by atoms with Gasteiger partial charge < -0.3 is 34.9 Å². The molecule has 12 nitrogen and oxygen atoms in total. The minimum atomic E-state index is -1.28. The lowest BCUT2D eigenvalue weighted by Gasteiger charge is -2.29. The SMILES string of the molecule is C=CC(=O)O.C=CC(=O)OCC(CO)(COC(=O)C=C)COC(=O)C=C.CCOC(N)=O. The summed E-state index contributed by atoms with van der Waals surface area (Å²) in [6.45, 7) is 13.2. The number of nitrogens with two attached hydrogens (primary N) is 1. The molecule has 0 aromatic carbocycles. The number of aliphatic hydroxyl groups is 1. The van der Waals surface area contributed by atoms with Crippen molar-refractivity contribution in [1.82, 2.24) is 0 Å². The number of ether oxygens (including phenoxy) is 4. The fraction of sp³-hybridized carbons (Fsp3) is 0.350. The van der Waals surface area contributed by atoms with Crippen molar-refractivity contribution in [2.24, 2.45) is 11.1 Å². The number of primary amides is 1. The quantitative estimate of drug-likeness (QED) is 0.209. The van der Waals surface area contributed by atoms with E-state index in [-0.39, 0.29) is 19.8 Å². The minimum absolute atomic E-state index is 0.330. The van der Waals surface area contributed by atoms with Crippen molar-refractivity contribution in [2.45, 2.75) is 6.92 Å². The van der Waals surface area contributed by atoms with E-state index in [1.807, 2.05) is 0 Å². The first-order valence-corrected chi connectivity index (χ1v) is 8.73. The molecular weight excluding hydrogens is 430 g/mol. The number of hydrogen-bond acceptors (Lipinski definition) is 10. The lowest BCUT2D eigenvalue weighted by molar-refractivity contribution is -0.159. The largest absolute Gasteiger partial charge is 0.478 e. The molecule has 32 heavy (non-hydrogen) atoms. The third kappa shape index (κ3) is 20.8. The van der Waals surface area contributed by atoms with Gasteiger partial charge in [0, 0.05) is 24.3 Å². The number of aliphatic carboxylic acids is 1. The molecule has 0 saturated heterocycles. The predicted octanol–water partition coefficient (Wildman–Crippen LogP) is 0.511. The molecule has 180 valence electrons. The Morgan fingerprint density at radius 2 is 1.09 bits per heavy atom. The summed E-state index contributed by atoms with van der Waals surface area (Å²) in [5.41, 5.74) is 3.26. The van der Waals surface area contributed by atoms with Crippen molar-refractivity contribution in [3.05, 3.63) is 50.6 Å². The molecule has 0 rings (SSSR count). The smallest absolute Gasteiger partial charge is 0.404 e. The second kappa shape index (κ2) is 20.3. The second-order valence-corrected chi connectivity index (χ2v) is 5.39. The molecule has 0 fully saturated rings. The third-order valence-corrected chi connectivity index (χ3v) is 2.86. The molecule has 0 aliphatic carbocycles. The zero-order valence-electron chi connectivity index (χ0n) is 17.8. The Labute approximate surface area is 185 Å². The fourth-order valence-electron chi connectivity index (χ4n) is 1.25. The summed E-state index contributed by atoms with van der Waals surface area (Å²) in [6.07, 6.45) is 2.94. The molecule has 0 unspecified atom stereocenters. The van der Waals surface area contributed by atoms with Gasteiger partial charge in [0.15, 0.2) is 0 Å². The summed E-state index contributed by atoms with van der Waals surface area (Å²) in [5.74, 6) is -3.15. The molecule has 0 bridgehead atoms. The number of carboxylic acids is 1. The van der Waals surface area contributed by atoms with E-state index in [0.717, 1.165) is 24.3 Å². The Morgan fingerprint density at radius 1 is 0.781 bits per heavy atom. The van der Waals surface area contributed by atoms with Crippen molar-refractivity contribution in [1.29, 1.82) is 0 Å². The highest BCUT2D eigenvalue weighted by Gasteiger charge is 2.35. The molecular formula is C20H29NO11. The predicted molar refractivity (Wildman–Crippen MR) is 112 cm³/mol. The van der Waals surface area contributed by atoms with E-state index in [1.54, 1.807) is 6.92 Å². The number of amides is 1. The molecule has 0 aliphatic heterocycles. The molecule has 0 heterocycles. The van der Waals surface area contributed by atoms with Gasteiger partial charge in [0.25, 0.3) is 0 Å². The van der Waals surface area contributed by atoms with Crippen LogP contribution in [0.5, 0.6) is 0 Å². The molecule has 0 aliphatic rings. The summed E-state index contributed by atoms with van der Waals surface area (Å²) in [4.78, 5) is 52.1. The van der Waals surface area contributed by atoms with Crippen molar-refractivity contribution in [2.75, 3.05) is 33.0 Å².